The Kier molecular flexibility index (Phi) is 8.58. The van der Waals surface area contributed by atoms with Crippen LogP contribution >= 0.6 is 0 Å². The van der Waals surface area contributed by atoms with Crippen molar-refractivity contribution < 1.29 is 9.47 Å². The first-order valence-electron chi connectivity index (χ1n) is 8.02. The molecule has 1 aromatic carbocycles. The van der Waals surface area contributed by atoms with Gasteiger partial charge in [-0.05, 0) is 36.9 Å². The molecular formula is C18H31NO2. The van der Waals surface area contributed by atoms with Crippen LogP contribution in [0.4, 0.5) is 0 Å². The third-order valence-corrected chi connectivity index (χ3v) is 3.60. The zero-order valence-corrected chi connectivity index (χ0v) is 14.2. The summed E-state index contributed by atoms with van der Waals surface area (Å²) in [6.07, 6.45) is 1.24. The minimum atomic E-state index is 0.121. The van der Waals surface area contributed by atoms with Crippen molar-refractivity contribution in [1.29, 1.82) is 0 Å². The van der Waals surface area contributed by atoms with E-state index in [0.717, 1.165) is 13.0 Å². The average molecular weight is 293 g/mol. The molecular weight excluding hydrogens is 262 g/mol. The summed E-state index contributed by atoms with van der Waals surface area (Å²) in [5.41, 5.74) is 2.67. The van der Waals surface area contributed by atoms with E-state index in [9.17, 15) is 0 Å². The molecule has 0 saturated carbocycles. The quantitative estimate of drug-likeness (QED) is 0.709. The topological polar surface area (TPSA) is 30.5 Å². The summed E-state index contributed by atoms with van der Waals surface area (Å²) in [6, 6.07) is 9.11. The lowest BCUT2D eigenvalue weighted by molar-refractivity contribution is -0.000527. The van der Waals surface area contributed by atoms with Crippen LogP contribution in [0.25, 0.3) is 0 Å². The van der Waals surface area contributed by atoms with Crippen molar-refractivity contribution in [3.05, 3.63) is 35.4 Å². The van der Waals surface area contributed by atoms with E-state index in [1.54, 1.807) is 7.11 Å². The SMILES string of the molecule is CCCNC(COC(C)COC)c1ccc(C(C)C)cc1. The van der Waals surface area contributed by atoms with Crippen LogP contribution in [0.3, 0.4) is 0 Å². The first kappa shape index (κ1) is 18.1. The average Bonchev–Trinajstić information content (AvgIpc) is 2.48. The van der Waals surface area contributed by atoms with Crippen LogP contribution in [0.5, 0.6) is 0 Å². The summed E-state index contributed by atoms with van der Waals surface area (Å²) in [6.45, 7) is 11.0. The van der Waals surface area contributed by atoms with E-state index in [1.807, 2.05) is 6.92 Å². The van der Waals surface area contributed by atoms with Gasteiger partial charge in [0.2, 0.25) is 0 Å². The molecule has 1 N–H and O–H groups in total. The lowest BCUT2D eigenvalue weighted by atomic mass is 9.99. The van der Waals surface area contributed by atoms with Gasteiger partial charge in [-0.3, -0.25) is 0 Å². The highest BCUT2D eigenvalue weighted by molar-refractivity contribution is 5.27. The van der Waals surface area contributed by atoms with Gasteiger partial charge in [0.05, 0.1) is 25.4 Å². The second-order valence-electron chi connectivity index (χ2n) is 5.93. The summed E-state index contributed by atoms with van der Waals surface area (Å²) in [4.78, 5) is 0. The second-order valence-corrected chi connectivity index (χ2v) is 5.93. The van der Waals surface area contributed by atoms with Gasteiger partial charge in [-0.25, -0.2) is 0 Å². The van der Waals surface area contributed by atoms with E-state index in [2.05, 4.69) is 50.4 Å². The number of benzene rings is 1. The van der Waals surface area contributed by atoms with Crippen LogP contribution in [0.15, 0.2) is 24.3 Å². The fourth-order valence-corrected chi connectivity index (χ4v) is 2.25. The molecule has 0 aliphatic carbocycles. The Balaban J connectivity index is 2.67. The Labute approximate surface area is 130 Å². The fraction of sp³-hybridized carbons (Fsp3) is 0.667. The van der Waals surface area contributed by atoms with Crippen LogP contribution in [0, 0.1) is 0 Å². The summed E-state index contributed by atoms with van der Waals surface area (Å²) in [5.74, 6) is 0.569. The van der Waals surface area contributed by atoms with Gasteiger partial charge in [0.25, 0.3) is 0 Å². The maximum Gasteiger partial charge on any atom is 0.0781 e. The van der Waals surface area contributed by atoms with Crippen LogP contribution < -0.4 is 5.32 Å². The van der Waals surface area contributed by atoms with Crippen molar-refractivity contribution in [2.24, 2.45) is 0 Å². The molecule has 1 aromatic rings. The molecule has 0 heterocycles. The van der Waals surface area contributed by atoms with Crippen LogP contribution in [0.2, 0.25) is 0 Å². The third kappa shape index (κ3) is 6.60. The number of methoxy groups -OCH3 is 1. The summed E-state index contributed by atoms with van der Waals surface area (Å²) in [5, 5.41) is 3.57. The lowest BCUT2D eigenvalue weighted by Crippen LogP contribution is -2.29. The molecule has 3 heteroatoms. The Morgan fingerprint density at radius 3 is 2.14 bits per heavy atom. The van der Waals surface area contributed by atoms with Gasteiger partial charge in [0.15, 0.2) is 0 Å². The molecule has 21 heavy (non-hydrogen) atoms. The molecule has 0 bridgehead atoms. The highest BCUT2D eigenvalue weighted by Gasteiger charge is 2.13. The monoisotopic (exact) mass is 293 g/mol. The van der Waals surface area contributed by atoms with E-state index in [4.69, 9.17) is 9.47 Å². The lowest BCUT2D eigenvalue weighted by Gasteiger charge is -2.22. The molecule has 2 atom stereocenters. The molecule has 120 valence electrons. The molecule has 0 aliphatic rings. The predicted molar refractivity (Wildman–Crippen MR) is 88.9 cm³/mol. The largest absolute Gasteiger partial charge is 0.382 e. The second kappa shape index (κ2) is 9.93. The molecule has 0 fully saturated rings. The highest BCUT2D eigenvalue weighted by Crippen LogP contribution is 2.19. The molecule has 0 spiro atoms. The number of hydrogen-bond acceptors (Lipinski definition) is 3. The highest BCUT2D eigenvalue weighted by atomic mass is 16.5. The predicted octanol–water partition coefficient (Wildman–Crippen LogP) is 3.90. The third-order valence-electron chi connectivity index (χ3n) is 3.60. The van der Waals surface area contributed by atoms with Crippen molar-refractivity contribution in [1.82, 2.24) is 5.32 Å². The molecule has 1 rings (SSSR count). The van der Waals surface area contributed by atoms with Gasteiger partial charge in [-0.1, -0.05) is 45.0 Å². The normalized spacial score (nSPS) is 14.4. The van der Waals surface area contributed by atoms with Crippen LogP contribution in [-0.2, 0) is 9.47 Å². The summed E-state index contributed by atoms with van der Waals surface area (Å²) < 4.78 is 11.0. The van der Waals surface area contributed by atoms with Crippen LogP contribution in [-0.4, -0.2) is 33.0 Å². The van der Waals surface area contributed by atoms with Gasteiger partial charge in [0, 0.05) is 7.11 Å². The van der Waals surface area contributed by atoms with E-state index >= 15 is 0 Å². The molecule has 3 nitrogen and oxygen atoms in total. The molecule has 0 aromatic heterocycles. The Bertz CT molecular complexity index is 375. The van der Waals surface area contributed by atoms with Gasteiger partial charge in [-0.2, -0.15) is 0 Å². The Morgan fingerprint density at radius 1 is 1.00 bits per heavy atom. The summed E-state index contributed by atoms with van der Waals surface area (Å²) >= 11 is 0. The number of hydrogen-bond donors (Lipinski definition) is 1. The molecule has 0 aliphatic heterocycles. The molecule has 0 amide bonds. The van der Waals surface area contributed by atoms with E-state index in [-0.39, 0.29) is 12.1 Å². The first-order chi connectivity index (χ1) is 10.1. The first-order valence-corrected chi connectivity index (χ1v) is 8.02. The summed E-state index contributed by atoms with van der Waals surface area (Å²) in [7, 11) is 1.71. The zero-order chi connectivity index (χ0) is 15.7. The number of rotatable bonds is 10. The minimum Gasteiger partial charge on any atom is -0.382 e. The van der Waals surface area contributed by atoms with Gasteiger partial charge >= 0.3 is 0 Å². The van der Waals surface area contributed by atoms with Crippen molar-refractivity contribution in [2.75, 3.05) is 26.9 Å². The van der Waals surface area contributed by atoms with E-state index in [0.29, 0.717) is 19.1 Å². The minimum absolute atomic E-state index is 0.121. The number of nitrogens with one attached hydrogen (secondary N) is 1. The molecule has 0 saturated heterocycles. The maximum atomic E-state index is 5.89. The van der Waals surface area contributed by atoms with E-state index < -0.39 is 0 Å². The van der Waals surface area contributed by atoms with Crippen molar-refractivity contribution >= 4 is 0 Å². The van der Waals surface area contributed by atoms with Gasteiger partial charge < -0.3 is 14.8 Å². The fourth-order valence-electron chi connectivity index (χ4n) is 2.25. The van der Waals surface area contributed by atoms with Gasteiger partial charge in [0.1, 0.15) is 0 Å². The molecule has 2 unspecified atom stereocenters. The number of ether oxygens (including phenoxy) is 2. The molecule has 0 radical (unpaired) electrons. The zero-order valence-electron chi connectivity index (χ0n) is 14.2. The van der Waals surface area contributed by atoms with E-state index in [1.165, 1.54) is 11.1 Å². The Hall–Kier alpha value is -0.900. The van der Waals surface area contributed by atoms with Crippen molar-refractivity contribution in [3.63, 3.8) is 0 Å². The van der Waals surface area contributed by atoms with Crippen molar-refractivity contribution in [3.8, 4) is 0 Å². The Morgan fingerprint density at radius 2 is 1.62 bits per heavy atom. The van der Waals surface area contributed by atoms with Crippen LogP contribution in [0.1, 0.15) is 57.2 Å². The maximum absolute atomic E-state index is 5.89. The van der Waals surface area contributed by atoms with Crippen molar-refractivity contribution in [2.45, 2.75) is 52.2 Å². The van der Waals surface area contributed by atoms with Gasteiger partial charge in [-0.15, -0.1) is 0 Å². The standard InChI is InChI=1S/C18H31NO2/c1-6-11-19-18(13-21-15(4)12-20-5)17-9-7-16(8-10-17)14(2)3/h7-10,14-15,18-19H,6,11-13H2,1-5H3. The smallest absolute Gasteiger partial charge is 0.0781 e.